The molecule has 1 aliphatic heterocycles. The van der Waals surface area contributed by atoms with Gasteiger partial charge in [-0.1, -0.05) is 44.7 Å². The fourth-order valence-electron chi connectivity index (χ4n) is 6.41. The molecule has 2 fully saturated rings. The van der Waals surface area contributed by atoms with E-state index in [1.165, 1.54) is 0 Å². The van der Waals surface area contributed by atoms with E-state index >= 15 is 8.78 Å². The van der Waals surface area contributed by atoms with Crippen LogP contribution < -0.4 is 4.74 Å². The van der Waals surface area contributed by atoms with Crippen LogP contribution in [-0.2, 0) is 34.8 Å². The molecule has 7 nitrogen and oxygen atoms in total. The minimum atomic E-state index is -2.91. The molecule has 45 heavy (non-hydrogen) atoms. The van der Waals surface area contributed by atoms with Gasteiger partial charge in [-0.2, -0.15) is 0 Å². The standard InChI is InChI=1S/C35H56F2O7Si/c1-6-7-22-35(36,37)32(44-45(3,4)5)21-20-29-28(30(38)24-31(29)43-34-15-12-23-41-34)13-10-8-9-11-14-33(39)42-25-26-16-18-27(40-2)19-17-26/h16-19,28-29,31-32,34H,6-15,20-25H2,1-5H3/t28-,29-,31-,32?,34?/m1/s1. The average Bonchev–Trinajstić information content (AvgIpc) is 3.61. The Bertz CT molecular complexity index is 1020. The van der Waals surface area contributed by atoms with Gasteiger partial charge < -0.3 is 23.4 Å². The molecule has 0 radical (unpaired) electrons. The highest BCUT2D eigenvalue weighted by molar-refractivity contribution is 6.69. The molecule has 1 saturated heterocycles. The number of methoxy groups -OCH3 is 1. The fraction of sp³-hybridized carbons (Fsp3) is 0.771. The molecule has 2 aliphatic rings. The number of ketones is 1. The van der Waals surface area contributed by atoms with Gasteiger partial charge in [0.15, 0.2) is 14.6 Å². The summed E-state index contributed by atoms with van der Waals surface area (Å²) in [4.78, 5) is 25.5. The summed E-state index contributed by atoms with van der Waals surface area (Å²) >= 11 is 0. The molecule has 0 amide bonds. The van der Waals surface area contributed by atoms with E-state index in [0.29, 0.717) is 45.1 Å². The molecule has 1 aromatic rings. The summed E-state index contributed by atoms with van der Waals surface area (Å²) in [6, 6.07) is 7.42. The Morgan fingerprint density at radius 3 is 2.44 bits per heavy atom. The van der Waals surface area contributed by atoms with Gasteiger partial charge in [0.25, 0.3) is 5.92 Å². The quantitative estimate of drug-likeness (QED) is 0.0746. The van der Waals surface area contributed by atoms with Crippen molar-refractivity contribution in [3.63, 3.8) is 0 Å². The lowest BCUT2D eigenvalue weighted by molar-refractivity contribution is -0.158. The number of ether oxygens (including phenoxy) is 4. The minimum Gasteiger partial charge on any atom is -0.497 e. The van der Waals surface area contributed by atoms with Gasteiger partial charge in [0.2, 0.25) is 0 Å². The normalized spacial score (nSPS) is 23.0. The molecule has 10 heteroatoms. The number of carbonyl (C=O) groups excluding carboxylic acids is 2. The van der Waals surface area contributed by atoms with E-state index in [1.54, 1.807) is 7.11 Å². The van der Waals surface area contributed by atoms with E-state index in [1.807, 2.05) is 50.8 Å². The van der Waals surface area contributed by atoms with Crippen LogP contribution in [0.3, 0.4) is 0 Å². The van der Waals surface area contributed by atoms with Crippen LogP contribution in [0.5, 0.6) is 5.75 Å². The maximum absolute atomic E-state index is 15.4. The van der Waals surface area contributed by atoms with Gasteiger partial charge in [0.1, 0.15) is 24.2 Å². The molecular weight excluding hydrogens is 598 g/mol. The van der Waals surface area contributed by atoms with Crippen LogP contribution in [0, 0.1) is 11.8 Å². The molecule has 1 heterocycles. The van der Waals surface area contributed by atoms with Crippen molar-refractivity contribution >= 4 is 20.1 Å². The Kier molecular flexibility index (Phi) is 15.4. The average molecular weight is 655 g/mol. The second kappa shape index (κ2) is 18.5. The SMILES string of the molecule is CCCCC(F)(F)C(CC[C@H]1[C@H](OC2CCCO2)CC(=O)[C@@H]1CCCCCCC(=O)OCc1ccc(OC)cc1)O[Si](C)(C)C. The van der Waals surface area contributed by atoms with Gasteiger partial charge in [-0.25, -0.2) is 8.78 Å². The highest BCUT2D eigenvalue weighted by Crippen LogP contribution is 2.42. The summed E-state index contributed by atoms with van der Waals surface area (Å²) in [7, 11) is -0.620. The summed E-state index contributed by atoms with van der Waals surface area (Å²) in [5.74, 6) is -2.57. The largest absolute Gasteiger partial charge is 0.497 e. The number of alkyl halides is 2. The number of hydrogen-bond donors (Lipinski definition) is 0. The smallest absolute Gasteiger partial charge is 0.306 e. The van der Waals surface area contributed by atoms with E-state index in [-0.39, 0.29) is 55.4 Å². The first-order valence-corrected chi connectivity index (χ1v) is 20.5. The van der Waals surface area contributed by atoms with Crippen molar-refractivity contribution < 1.29 is 41.7 Å². The van der Waals surface area contributed by atoms with Gasteiger partial charge in [0, 0.05) is 38.2 Å². The fourth-order valence-corrected chi connectivity index (χ4v) is 7.55. The Morgan fingerprint density at radius 2 is 1.80 bits per heavy atom. The first kappa shape index (κ1) is 37.6. The Labute approximate surface area is 270 Å². The molecule has 0 aromatic heterocycles. The monoisotopic (exact) mass is 654 g/mol. The van der Waals surface area contributed by atoms with E-state index < -0.39 is 20.3 Å². The number of hydrogen-bond acceptors (Lipinski definition) is 7. The van der Waals surface area contributed by atoms with Crippen LogP contribution in [0.4, 0.5) is 8.78 Å². The van der Waals surface area contributed by atoms with Gasteiger partial charge in [-0.05, 0) is 81.8 Å². The van der Waals surface area contributed by atoms with E-state index in [4.69, 9.17) is 23.4 Å². The van der Waals surface area contributed by atoms with Crippen molar-refractivity contribution in [2.75, 3.05) is 13.7 Å². The van der Waals surface area contributed by atoms with Crippen LogP contribution in [-0.4, -0.2) is 58.2 Å². The summed E-state index contributed by atoms with van der Waals surface area (Å²) in [6.07, 6.45) is 6.21. The third kappa shape index (κ3) is 13.0. The van der Waals surface area contributed by atoms with Gasteiger partial charge in [0.05, 0.1) is 13.2 Å². The van der Waals surface area contributed by atoms with Crippen molar-refractivity contribution in [3.05, 3.63) is 29.8 Å². The van der Waals surface area contributed by atoms with Crippen molar-refractivity contribution in [1.29, 1.82) is 0 Å². The van der Waals surface area contributed by atoms with Crippen LogP contribution in [0.1, 0.15) is 102 Å². The van der Waals surface area contributed by atoms with Crippen molar-refractivity contribution in [2.45, 2.75) is 147 Å². The number of halogens is 2. The number of carbonyl (C=O) groups is 2. The first-order chi connectivity index (χ1) is 21.4. The number of esters is 1. The highest BCUT2D eigenvalue weighted by atomic mass is 28.4. The van der Waals surface area contributed by atoms with Crippen LogP contribution in [0.2, 0.25) is 19.6 Å². The number of benzene rings is 1. The Hall–Kier alpha value is -1.88. The van der Waals surface area contributed by atoms with E-state index in [0.717, 1.165) is 49.8 Å². The molecule has 1 saturated carbocycles. The zero-order valence-electron chi connectivity index (χ0n) is 28.1. The predicted molar refractivity (Wildman–Crippen MR) is 173 cm³/mol. The van der Waals surface area contributed by atoms with E-state index in [2.05, 4.69) is 0 Å². The molecule has 3 rings (SSSR count). The molecule has 1 aromatic carbocycles. The Morgan fingerprint density at radius 1 is 1.07 bits per heavy atom. The lowest BCUT2D eigenvalue weighted by atomic mass is 9.84. The molecule has 256 valence electrons. The minimum absolute atomic E-state index is 0.135. The topological polar surface area (TPSA) is 80.3 Å². The van der Waals surface area contributed by atoms with Crippen molar-refractivity contribution in [1.82, 2.24) is 0 Å². The molecule has 2 unspecified atom stereocenters. The molecule has 5 atom stereocenters. The lowest BCUT2D eigenvalue weighted by Gasteiger charge is -2.34. The zero-order chi connectivity index (χ0) is 32.9. The molecule has 0 bridgehead atoms. The number of rotatable bonds is 21. The third-order valence-corrected chi connectivity index (χ3v) is 9.81. The van der Waals surface area contributed by atoms with Crippen LogP contribution >= 0.6 is 0 Å². The van der Waals surface area contributed by atoms with E-state index in [9.17, 15) is 9.59 Å². The lowest BCUT2D eigenvalue weighted by Crippen LogP contribution is -2.43. The summed E-state index contributed by atoms with van der Waals surface area (Å²) in [5, 5.41) is 0. The summed E-state index contributed by atoms with van der Waals surface area (Å²) in [6.45, 7) is 8.63. The Balaban J connectivity index is 1.50. The third-order valence-electron chi connectivity index (χ3n) is 8.82. The molecule has 0 N–H and O–H groups in total. The van der Waals surface area contributed by atoms with Crippen LogP contribution in [0.25, 0.3) is 0 Å². The van der Waals surface area contributed by atoms with Gasteiger partial charge >= 0.3 is 5.97 Å². The maximum atomic E-state index is 15.4. The maximum Gasteiger partial charge on any atom is 0.306 e. The van der Waals surface area contributed by atoms with Crippen molar-refractivity contribution in [2.24, 2.45) is 11.8 Å². The van der Waals surface area contributed by atoms with Crippen LogP contribution in [0.15, 0.2) is 24.3 Å². The molecule has 1 aliphatic carbocycles. The van der Waals surface area contributed by atoms with Gasteiger partial charge in [-0.15, -0.1) is 0 Å². The zero-order valence-corrected chi connectivity index (χ0v) is 29.1. The summed E-state index contributed by atoms with van der Waals surface area (Å²) < 4.78 is 59.3. The summed E-state index contributed by atoms with van der Waals surface area (Å²) in [5.41, 5.74) is 0.907. The second-order valence-electron chi connectivity index (χ2n) is 13.7. The number of Topliss-reactive ketones (excluding diaryl/α,β-unsaturated/α-hetero) is 1. The molecular formula is C35H56F2O7Si. The first-order valence-electron chi connectivity index (χ1n) is 17.1. The van der Waals surface area contributed by atoms with Crippen molar-refractivity contribution in [3.8, 4) is 5.75 Å². The molecule has 0 spiro atoms. The second-order valence-corrected chi connectivity index (χ2v) is 18.1. The number of unbranched alkanes of at least 4 members (excludes halogenated alkanes) is 4. The van der Waals surface area contributed by atoms with Gasteiger partial charge in [-0.3, -0.25) is 9.59 Å². The predicted octanol–water partition coefficient (Wildman–Crippen LogP) is 8.63. The highest BCUT2D eigenvalue weighted by Gasteiger charge is 2.47.